The van der Waals surface area contributed by atoms with Crippen molar-refractivity contribution in [3.8, 4) is 5.69 Å². The van der Waals surface area contributed by atoms with Gasteiger partial charge in [0.15, 0.2) is 5.69 Å². The summed E-state index contributed by atoms with van der Waals surface area (Å²) in [6.07, 6.45) is 5.06. The first-order valence-electron chi connectivity index (χ1n) is 10.2. The topological polar surface area (TPSA) is 105 Å². The molecule has 0 fully saturated rings. The summed E-state index contributed by atoms with van der Waals surface area (Å²) in [5.74, 6) is -0.393. The molecule has 32 heavy (non-hydrogen) atoms. The third-order valence-corrected chi connectivity index (χ3v) is 6.34. The molecule has 1 amide bonds. The average Bonchev–Trinajstić information content (AvgIpc) is 3.14. The number of anilines is 1. The Labute approximate surface area is 185 Å². The molecule has 1 aromatic heterocycles. The second-order valence-electron chi connectivity index (χ2n) is 7.35. The molecule has 0 saturated heterocycles. The van der Waals surface area contributed by atoms with Crippen molar-refractivity contribution in [2.75, 3.05) is 11.9 Å². The fraction of sp³-hybridized carbons (Fsp3) is 0.227. The monoisotopic (exact) mass is 455 g/mol. The molecule has 4 rings (SSSR count). The Bertz CT molecular complexity index is 1250. The zero-order chi connectivity index (χ0) is 22.6. The van der Waals surface area contributed by atoms with Crippen LogP contribution in [0.1, 0.15) is 36.2 Å². The zero-order valence-electron chi connectivity index (χ0n) is 17.2. The van der Waals surface area contributed by atoms with Crippen molar-refractivity contribution in [1.29, 1.82) is 0 Å². The van der Waals surface area contributed by atoms with Crippen molar-refractivity contribution in [3.05, 3.63) is 72.3 Å². The van der Waals surface area contributed by atoms with E-state index in [-0.39, 0.29) is 10.6 Å². The van der Waals surface area contributed by atoms with Gasteiger partial charge in [0.25, 0.3) is 15.9 Å². The van der Waals surface area contributed by atoms with Crippen LogP contribution in [0.15, 0.2) is 70.7 Å². The molecule has 3 aromatic rings. The van der Waals surface area contributed by atoms with E-state index in [0.717, 1.165) is 19.3 Å². The van der Waals surface area contributed by atoms with E-state index in [0.29, 0.717) is 30.2 Å². The van der Waals surface area contributed by atoms with E-state index in [4.69, 9.17) is 0 Å². The molecule has 0 atom stereocenters. The van der Waals surface area contributed by atoms with Crippen LogP contribution in [-0.2, 0) is 10.0 Å². The van der Waals surface area contributed by atoms with Crippen molar-refractivity contribution in [3.63, 3.8) is 0 Å². The number of carbonyl (C=O) groups is 1. The van der Waals surface area contributed by atoms with Crippen LogP contribution in [0.2, 0.25) is 0 Å². The van der Waals surface area contributed by atoms with E-state index in [1.54, 1.807) is 18.3 Å². The van der Waals surface area contributed by atoms with E-state index in [2.05, 4.69) is 20.1 Å². The molecule has 2 heterocycles. The van der Waals surface area contributed by atoms with Crippen LogP contribution in [-0.4, -0.2) is 36.5 Å². The Morgan fingerprint density at radius 2 is 1.84 bits per heavy atom. The van der Waals surface area contributed by atoms with Gasteiger partial charge in [-0.05, 0) is 61.4 Å². The summed E-state index contributed by atoms with van der Waals surface area (Å²) in [4.78, 5) is 16.9. The van der Waals surface area contributed by atoms with Crippen LogP contribution in [0.5, 0.6) is 0 Å². The normalized spacial score (nSPS) is 14.3. The summed E-state index contributed by atoms with van der Waals surface area (Å²) >= 11 is 0. The van der Waals surface area contributed by atoms with Crippen LogP contribution in [0.4, 0.5) is 10.1 Å². The first-order chi connectivity index (χ1) is 15.4. The Balaban J connectivity index is 1.42. The fourth-order valence-electron chi connectivity index (χ4n) is 3.29. The number of halogens is 1. The second kappa shape index (κ2) is 9.31. The van der Waals surface area contributed by atoms with Gasteiger partial charge < -0.3 is 5.32 Å². The summed E-state index contributed by atoms with van der Waals surface area (Å²) in [5.41, 5.74) is 1.05. The summed E-state index contributed by atoms with van der Waals surface area (Å²) in [6.45, 7) is 0.623. The largest absolute Gasteiger partial charge is 0.321 e. The number of aromatic nitrogens is 2. The molecule has 0 spiro atoms. The van der Waals surface area contributed by atoms with Crippen LogP contribution in [0.25, 0.3) is 5.69 Å². The van der Waals surface area contributed by atoms with Crippen molar-refractivity contribution >= 4 is 27.5 Å². The highest BCUT2D eigenvalue weighted by Gasteiger charge is 2.18. The lowest BCUT2D eigenvalue weighted by Gasteiger charge is -2.10. The smallest absolute Gasteiger partial charge is 0.276 e. The molecular formula is C22H22FN5O3S. The van der Waals surface area contributed by atoms with E-state index in [1.807, 2.05) is 0 Å². The Kier molecular flexibility index (Phi) is 6.31. The van der Waals surface area contributed by atoms with Gasteiger partial charge in [0.1, 0.15) is 11.7 Å². The zero-order valence-corrected chi connectivity index (χ0v) is 18.0. The number of aliphatic imine (C=N–C) groups is 1. The number of amides is 1. The van der Waals surface area contributed by atoms with E-state index in [1.165, 1.54) is 47.1 Å². The van der Waals surface area contributed by atoms with Crippen molar-refractivity contribution in [2.45, 2.75) is 30.6 Å². The number of sulfonamides is 1. The number of hydrogen-bond acceptors (Lipinski definition) is 5. The molecule has 10 heteroatoms. The molecule has 0 saturated carbocycles. The highest BCUT2D eigenvalue weighted by Crippen LogP contribution is 2.17. The minimum Gasteiger partial charge on any atom is -0.321 e. The molecule has 2 N–H and O–H groups in total. The maximum atomic E-state index is 13.4. The number of nitrogens with zero attached hydrogens (tertiary/aromatic N) is 3. The van der Waals surface area contributed by atoms with Gasteiger partial charge in [-0.1, -0.05) is 12.5 Å². The molecule has 0 aliphatic carbocycles. The van der Waals surface area contributed by atoms with Crippen molar-refractivity contribution < 1.29 is 17.6 Å². The lowest BCUT2D eigenvalue weighted by Crippen LogP contribution is -2.30. The first-order valence-corrected chi connectivity index (χ1v) is 11.7. The molecule has 0 radical (unpaired) electrons. The molecule has 0 unspecified atom stereocenters. The quantitative estimate of drug-likeness (QED) is 0.614. The minimum absolute atomic E-state index is 0.0813. The Hall–Kier alpha value is -3.53. The van der Waals surface area contributed by atoms with Crippen LogP contribution in [0, 0.1) is 5.82 Å². The maximum Gasteiger partial charge on any atom is 0.276 e. The highest BCUT2D eigenvalue weighted by atomic mass is 32.2. The SMILES string of the molecule is O=C(Nc1ccc(S(=O)(=O)NC2=NCCCCC2)cc1)c1ccn(-c2cccc(F)c2)n1. The van der Waals surface area contributed by atoms with Crippen LogP contribution in [0.3, 0.4) is 0 Å². The van der Waals surface area contributed by atoms with E-state index >= 15 is 0 Å². The number of benzene rings is 2. The molecular weight excluding hydrogens is 433 g/mol. The highest BCUT2D eigenvalue weighted by molar-refractivity contribution is 7.90. The maximum absolute atomic E-state index is 13.4. The number of amidine groups is 1. The van der Waals surface area contributed by atoms with Gasteiger partial charge in [0, 0.05) is 24.8 Å². The number of nitrogens with one attached hydrogen (secondary N) is 2. The van der Waals surface area contributed by atoms with E-state index in [9.17, 15) is 17.6 Å². The number of hydrogen-bond donors (Lipinski definition) is 2. The molecule has 1 aliphatic rings. The Morgan fingerprint density at radius 1 is 1.03 bits per heavy atom. The van der Waals surface area contributed by atoms with Crippen molar-refractivity contribution in [1.82, 2.24) is 14.5 Å². The minimum atomic E-state index is -3.74. The molecule has 2 aromatic carbocycles. The summed E-state index contributed by atoms with van der Waals surface area (Å²) in [6, 6.07) is 13.2. The number of carbonyl (C=O) groups excluding carboxylic acids is 1. The predicted octanol–water partition coefficient (Wildman–Crippen LogP) is 3.51. The molecule has 166 valence electrons. The number of rotatable bonds is 5. The summed E-state index contributed by atoms with van der Waals surface area (Å²) < 4.78 is 42.6. The van der Waals surface area contributed by atoms with Crippen molar-refractivity contribution in [2.24, 2.45) is 4.99 Å². The lowest BCUT2D eigenvalue weighted by atomic mass is 10.2. The summed E-state index contributed by atoms with van der Waals surface area (Å²) in [7, 11) is -3.74. The third kappa shape index (κ3) is 5.20. The third-order valence-electron chi connectivity index (χ3n) is 4.94. The second-order valence-corrected chi connectivity index (χ2v) is 9.03. The van der Waals surface area contributed by atoms with Gasteiger partial charge >= 0.3 is 0 Å². The Morgan fingerprint density at radius 3 is 2.62 bits per heavy atom. The van der Waals surface area contributed by atoms with Crippen LogP contribution < -0.4 is 10.0 Å². The lowest BCUT2D eigenvalue weighted by molar-refractivity contribution is 0.102. The van der Waals surface area contributed by atoms with Gasteiger partial charge in [-0.2, -0.15) is 5.10 Å². The molecule has 8 nitrogen and oxygen atoms in total. The molecule has 1 aliphatic heterocycles. The fourth-order valence-corrected chi connectivity index (χ4v) is 4.38. The first kappa shape index (κ1) is 21.7. The van der Waals surface area contributed by atoms with Crippen LogP contribution >= 0.6 is 0 Å². The summed E-state index contributed by atoms with van der Waals surface area (Å²) in [5, 5.41) is 6.84. The standard InChI is InChI=1S/C22H22FN5O3S/c23-16-5-4-6-18(15-16)28-14-12-20(26-28)22(29)25-17-8-10-19(11-9-17)32(30,31)27-21-7-2-1-3-13-24-21/h4-6,8-12,14-15H,1-3,7,13H2,(H,24,27)(H,25,29). The van der Waals surface area contributed by atoms with Gasteiger partial charge in [-0.3, -0.25) is 14.5 Å². The predicted molar refractivity (Wildman–Crippen MR) is 119 cm³/mol. The van der Waals surface area contributed by atoms with E-state index < -0.39 is 21.7 Å². The van der Waals surface area contributed by atoms with Gasteiger partial charge in [-0.15, -0.1) is 0 Å². The van der Waals surface area contributed by atoms with Gasteiger partial charge in [-0.25, -0.2) is 17.5 Å². The average molecular weight is 456 g/mol. The molecule has 0 bridgehead atoms. The van der Waals surface area contributed by atoms with Gasteiger partial charge in [0.2, 0.25) is 0 Å². The van der Waals surface area contributed by atoms with Gasteiger partial charge in [0.05, 0.1) is 10.6 Å².